The number of hydrogen-bond acceptors (Lipinski definition) is 6. The van der Waals surface area contributed by atoms with E-state index in [2.05, 4.69) is 31.2 Å². The lowest BCUT2D eigenvalue weighted by Crippen LogP contribution is -2.13. The molecule has 112 valence electrons. The normalized spacial score (nSPS) is 21.1. The highest BCUT2D eigenvalue weighted by Gasteiger charge is 2.31. The molecule has 0 aliphatic carbocycles. The van der Waals surface area contributed by atoms with Crippen molar-refractivity contribution in [1.29, 1.82) is 0 Å². The number of hydrogen-bond donors (Lipinski definition) is 1. The SMILES string of the molecule is CCNc1nc(C2CCS(=O)(=O)C2)nc(COC)c1Br. The Kier molecular flexibility index (Phi) is 4.98. The molecule has 0 spiro atoms. The van der Waals surface area contributed by atoms with Gasteiger partial charge in [-0.2, -0.15) is 0 Å². The summed E-state index contributed by atoms with van der Waals surface area (Å²) in [6, 6.07) is 0. The third-order valence-corrected chi connectivity index (χ3v) is 5.76. The highest BCUT2D eigenvalue weighted by atomic mass is 79.9. The van der Waals surface area contributed by atoms with E-state index in [9.17, 15) is 8.42 Å². The highest BCUT2D eigenvalue weighted by molar-refractivity contribution is 9.10. The van der Waals surface area contributed by atoms with Crippen LogP contribution in [-0.2, 0) is 21.2 Å². The first-order valence-corrected chi connectivity index (χ1v) is 9.07. The molecule has 1 aromatic heterocycles. The molecule has 0 saturated carbocycles. The van der Waals surface area contributed by atoms with Crippen molar-refractivity contribution in [3.63, 3.8) is 0 Å². The van der Waals surface area contributed by atoms with Crippen LogP contribution in [0.15, 0.2) is 4.47 Å². The Balaban J connectivity index is 2.37. The summed E-state index contributed by atoms with van der Waals surface area (Å²) in [7, 11) is -1.35. The van der Waals surface area contributed by atoms with Gasteiger partial charge in [-0.25, -0.2) is 18.4 Å². The molecule has 2 heterocycles. The fourth-order valence-electron chi connectivity index (χ4n) is 2.21. The molecule has 1 saturated heterocycles. The van der Waals surface area contributed by atoms with E-state index in [0.29, 0.717) is 24.7 Å². The van der Waals surface area contributed by atoms with Gasteiger partial charge in [-0.05, 0) is 29.3 Å². The van der Waals surface area contributed by atoms with E-state index in [0.717, 1.165) is 16.7 Å². The Bertz CT molecular complexity index is 565. The van der Waals surface area contributed by atoms with Crippen molar-refractivity contribution in [3.05, 3.63) is 16.0 Å². The van der Waals surface area contributed by atoms with Gasteiger partial charge in [-0.15, -0.1) is 0 Å². The second kappa shape index (κ2) is 6.36. The molecule has 0 aromatic carbocycles. The summed E-state index contributed by atoms with van der Waals surface area (Å²) >= 11 is 3.46. The van der Waals surface area contributed by atoms with Crippen molar-refractivity contribution in [2.75, 3.05) is 30.5 Å². The van der Waals surface area contributed by atoms with Gasteiger partial charge in [0.25, 0.3) is 0 Å². The van der Waals surface area contributed by atoms with E-state index in [1.165, 1.54) is 0 Å². The Morgan fingerprint density at radius 1 is 1.45 bits per heavy atom. The topological polar surface area (TPSA) is 81.2 Å². The monoisotopic (exact) mass is 363 g/mol. The number of rotatable bonds is 5. The van der Waals surface area contributed by atoms with Gasteiger partial charge in [-0.3, -0.25) is 0 Å². The smallest absolute Gasteiger partial charge is 0.151 e. The van der Waals surface area contributed by atoms with Gasteiger partial charge in [0.15, 0.2) is 9.84 Å². The first-order chi connectivity index (χ1) is 9.46. The maximum Gasteiger partial charge on any atom is 0.151 e. The average Bonchev–Trinajstić information content (AvgIpc) is 2.75. The zero-order chi connectivity index (χ0) is 14.8. The molecule has 0 amide bonds. The molecule has 0 radical (unpaired) electrons. The first-order valence-electron chi connectivity index (χ1n) is 6.46. The Morgan fingerprint density at radius 3 is 2.75 bits per heavy atom. The number of halogens is 1. The molecule has 1 aromatic rings. The first kappa shape index (κ1) is 15.7. The average molecular weight is 364 g/mol. The Labute approximate surface area is 127 Å². The van der Waals surface area contributed by atoms with Crippen LogP contribution >= 0.6 is 15.9 Å². The van der Waals surface area contributed by atoms with Gasteiger partial charge < -0.3 is 10.1 Å². The summed E-state index contributed by atoms with van der Waals surface area (Å²) in [5.74, 6) is 1.49. The molecule has 6 nitrogen and oxygen atoms in total. The van der Waals surface area contributed by atoms with E-state index in [1.807, 2.05) is 6.92 Å². The van der Waals surface area contributed by atoms with Crippen LogP contribution in [0.2, 0.25) is 0 Å². The van der Waals surface area contributed by atoms with Crippen molar-refractivity contribution in [3.8, 4) is 0 Å². The highest BCUT2D eigenvalue weighted by Crippen LogP contribution is 2.31. The number of sulfone groups is 1. The summed E-state index contributed by atoms with van der Waals surface area (Å²) in [5, 5.41) is 3.16. The molecule has 2 rings (SSSR count). The minimum atomic E-state index is -2.95. The van der Waals surface area contributed by atoms with Crippen LogP contribution in [0.4, 0.5) is 5.82 Å². The summed E-state index contributed by atoms with van der Waals surface area (Å²) in [4.78, 5) is 8.93. The Hall–Kier alpha value is -0.730. The third kappa shape index (κ3) is 3.48. The molecule has 1 unspecified atom stereocenters. The fourth-order valence-corrected chi connectivity index (χ4v) is 4.38. The largest absolute Gasteiger partial charge is 0.378 e. The third-order valence-electron chi connectivity index (χ3n) is 3.16. The summed E-state index contributed by atoms with van der Waals surface area (Å²) in [5.41, 5.74) is 0.734. The van der Waals surface area contributed by atoms with Crippen molar-refractivity contribution in [1.82, 2.24) is 9.97 Å². The van der Waals surface area contributed by atoms with Crippen LogP contribution in [0.25, 0.3) is 0 Å². The van der Waals surface area contributed by atoms with Gasteiger partial charge in [0, 0.05) is 19.6 Å². The minimum absolute atomic E-state index is 0.124. The lowest BCUT2D eigenvalue weighted by Gasteiger charge is -2.14. The zero-order valence-corrected chi connectivity index (χ0v) is 13.9. The number of anilines is 1. The van der Waals surface area contributed by atoms with E-state index in [4.69, 9.17) is 4.74 Å². The van der Waals surface area contributed by atoms with E-state index in [1.54, 1.807) is 7.11 Å². The van der Waals surface area contributed by atoms with E-state index < -0.39 is 9.84 Å². The van der Waals surface area contributed by atoms with Crippen LogP contribution in [0.3, 0.4) is 0 Å². The number of ether oxygens (including phenoxy) is 1. The van der Waals surface area contributed by atoms with Crippen LogP contribution in [0.5, 0.6) is 0 Å². The van der Waals surface area contributed by atoms with Crippen LogP contribution < -0.4 is 5.32 Å². The molecular formula is C12H18BrN3O3S. The molecule has 1 aliphatic rings. The van der Waals surface area contributed by atoms with Crippen LogP contribution in [-0.4, -0.2) is 43.5 Å². The maximum absolute atomic E-state index is 11.6. The molecule has 20 heavy (non-hydrogen) atoms. The van der Waals surface area contributed by atoms with Crippen molar-refractivity contribution in [2.24, 2.45) is 0 Å². The van der Waals surface area contributed by atoms with Gasteiger partial charge in [0.2, 0.25) is 0 Å². The zero-order valence-electron chi connectivity index (χ0n) is 11.5. The fraction of sp³-hybridized carbons (Fsp3) is 0.667. The number of methoxy groups -OCH3 is 1. The minimum Gasteiger partial charge on any atom is -0.378 e. The summed E-state index contributed by atoms with van der Waals surface area (Å²) < 4.78 is 29.1. The quantitative estimate of drug-likeness (QED) is 0.857. The lowest BCUT2D eigenvalue weighted by molar-refractivity contribution is 0.180. The van der Waals surface area contributed by atoms with E-state index in [-0.39, 0.29) is 17.4 Å². The number of nitrogens with zero attached hydrogens (tertiary/aromatic N) is 2. The molecule has 1 aliphatic heterocycles. The number of nitrogens with one attached hydrogen (secondary N) is 1. The van der Waals surface area contributed by atoms with Crippen molar-refractivity contribution in [2.45, 2.75) is 25.9 Å². The van der Waals surface area contributed by atoms with Crippen LogP contribution in [0.1, 0.15) is 30.8 Å². The van der Waals surface area contributed by atoms with Gasteiger partial charge in [-0.1, -0.05) is 0 Å². The van der Waals surface area contributed by atoms with Gasteiger partial charge in [0.1, 0.15) is 11.6 Å². The number of aromatic nitrogens is 2. The molecule has 1 atom stereocenters. The van der Waals surface area contributed by atoms with Crippen molar-refractivity contribution >= 4 is 31.6 Å². The molecular weight excluding hydrogens is 346 g/mol. The standard InChI is InChI=1S/C12H18BrN3O3S/c1-3-14-12-10(13)9(6-19-2)15-11(16-12)8-4-5-20(17,18)7-8/h8H,3-7H2,1-2H3,(H,14,15,16). The molecule has 0 bridgehead atoms. The maximum atomic E-state index is 11.6. The summed E-state index contributed by atoms with van der Waals surface area (Å²) in [6.07, 6.45) is 0.585. The molecule has 1 fully saturated rings. The Morgan fingerprint density at radius 2 is 2.20 bits per heavy atom. The van der Waals surface area contributed by atoms with Crippen LogP contribution in [0, 0.1) is 0 Å². The second-order valence-electron chi connectivity index (χ2n) is 4.75. The predicted octanol–water partition coefficient (Wildman–Crippen LogP) is 1.72. The van der Waals surface area contributed by atoms with Gasteiger partial charge in [0.05, 0.1) is 28.3 Å². The van der Waals surface area contributed by atoms with E-state index >= 15 is 0 Å². The lowest BCUT2D eigenvalue weighted by atomic mass is 10.1. The molecule has 1 N–H and O–H groups in total. The second-order valence-corrected chi connectivity index (χ2v) is 7.78. The summed E-state index contributed by atoms with van der Waals surface area (Å²) in [6.45, 7) is 3.06. The predicted molar refractivity (Wildman–Crippen MR) is 80.6 cm³/mol. The van der Waals surface area contributed by atoms with Gasteiger partial charge >= 0.3 is 0 Å². The van der Waals surface area contributed by atoms with Crippen molar-refractivity contribution < 1.29 is 13.2 Å². The molecule has 8 heteroatoms.